The summed E-state index contributed by atoms with van der Waals surface area (Å²) >= 11 is 1.50. The molecule has 0 bridgehead atoms. The minimum atomic E-state index is -1.09. The van der Waals surface area contributed by atoms with Crippen LogP contribution in [0.5, 0.6) is 0 Å². The maximum Gasteiger partial charge on any atom is 0.251 e. The third-order valence-electron chi connectivity index (χ3n) is 8.68. The number of rotatable bonds is 7. The molecule has 2 aliphatic heterocycles. The molecule has 2 aliphatic rings. The number of carbonyl (C=O) groups is 6. The van der Waals surface area contributed by atoms with Gasteiger partial charge in [-0.05, 0) is 73.9 Å². The zero-order valence-corrected chi connectivity index (χ0v) is 29.2. The Kier molecular flexibility index (Phi) is 12.8. The number of fused-ring (bicyclic) bond motifs is 1. The number of benzene rings is 2. The van der Waals surface area contributed by atoms with Gasteiger partial charge in [0.05, 0.1) is 12.5 Å². The van der Waals surface area contributed by atoms with E-state index in [1.54, 1.807) is 51.1 Å². The molecular weight excluding hydrogens is 651 g/mol. The van der Waals surface area contributed by atoms with Crippen LogP contribution in [0.15, 0.2) is 48.5 Å². The van der Waals surface area contributed by atoms with Gasteiger partial charge in [0.2, 0.25) is 29.5 Å². The number of halogens is 1. The van der Waals surface area contributed by atoms with Gasteiger partial charge in [0.15, 0.2) is 0 Å². The summed E-state index contributed by atoms with van der Waals surface area (Å²) < 4.78 is 14.1. The molecule has 0 spiro atoms. The monoisotopic (exact) mass is 696 g/mol. The number of carbonyl (C=O) groups excluding carboxylic acids is 6. The lowest BCUT2D eigenvalue weighted by molar-refractivity contribution is -0.143. The van der Waals surface area contributed by atoms with Crippen LogP contribution in [-0.2, 0) is 24.0 Å². The highest BCUT2D eigenvalue weighted by molar-refractivity contribution is 7.98. The first kappa shape index (κ1) is 37.4. The highest BCUT2D eigenvalue weighted by Crippen LogP contribution is 2.23. The highest BCUT2D eigenvalue weighted by Gasteiger charge is 2.44. The molecule has 2 aromatic rings. The van der Waals surface area contributed by atoms with Crippen LogP contribution in [-0.4, -0.2) is 89.1 Å². The molecule has 0 radical (unpaired) electrons. The van der Waals surface area contributed by atoms with E-state index in [1.807, 2.05) is 6.26 Å². The summed E-state index contributed by atoms with van der Waals surface area (Å²) in [5.41, 5.74) is 1.31. The van der Waals surface area contributed by atoms with Crippen molar-refractivity contribution in [1.29, 1.82) is 0 Å². The fraction of sp³-hybridized carbons (Fsp3) is 0.486. The zero-order valence-electron chi connectivity index (χ0n) is 28.4. The van der Waals surface area contributed by atoms with Gasteiger partial charge >= 0.3 is 0 Å². The van der Waals surface area contributed by atoms with Crippen LogP contribution >= 0.6 is 11.8 Å². The van der Waals surface area contributed by atoms with Crippen LogP contribution in [0.4, 0.5) is 4.39 Å². The van der Waals surface area contributed by atoms with Gasteiger partial charge < -0.3 is 31.5 Å². The van der Waals surface area contributed by atoms with Gasteiger partial charge in [-0.1, -0.05) is 44.2 Å². The minimum Gasteiger partial charge on any atom is -0.347 e. The molecule has 12 nitrogen and oxygen atoms in total. The van der Waals surface area contributed by atoms with E-state index >= 15 is 0 Å². The quantitative estimate of drug-likeness (QED) is 0.295. The molecule has 2 fully saturated rings. The van der Waals surface area contributed by atoms with E-state index in [4.69, 9.17) is 0 Å². The molecule has 6 amide bonds. The van der Waals surface area contributed by atoms with Crippen LogP contribution in [0.1, 0.15) is 67.6 Å². The van der Waals surface area contributed by atoms with Crippen LogP contribution in [0, 0.1) is 18.7 Å². The summed E-state index contributed by atoms with van der Waals surface area (Å²) in [5, 5.41) is 14.0. The van der Waals surface area contributed by atoms with Crippen LogP contribution < -0.4 is 26.6 Å². The number of nitrogens with one attached hydrogen (secondary N) is 5. The predicted molar refractivity (Wildman–Crippen MR) is 184 cm³/mol. The van der Waals surface area contributed by atoms with Crippen LogP contribution in [0.3, 0.4) is 0 Å². The molecule has 6 atom stereocenters. The van der Waals surface area contributed by atoms with Crippen molar-refractivity contribution in [2.75, 3.05) is 18.6 Å². The molecule has 49 heavy (non-hydrogen) atoms. The van der Waals surface area contributed by atoms with Crippen molar-refractivity contribution < 1.29 is 33.2 Å². The first-order valence-electron chi connectivity index (χ1n) is 16.4. The fourth-order valence-electron chi connectivity index (χ4n) is 6.07. The van der Waals surface area contributed by atoms with Crippen molar-refractivity contribution in [3.63, 3.8) is 0 Å². The van der Waals surface area contributed by atoms with E-state index in [1.165, 1.54) is 35.7 Å². The Morgan fingerprint density at radius 1 is 0.980 bits per heavy atom. The van der Waals surface area contributed by atoms with E-state index in [9.17, 15) is 33.2 Å². The third kappa shape index (κ3) is 9.80. The Morgan fingerprint density at radius 2 is 1.69 bits per heavy atom. The number of hydrogen-bond acceptors (Lipinski definition) is 7. The lowest BCUT2D eigenvalue weighted by Gasteiger charge is -2.32. The van der Waals surface area contributed by atoms with E-state index < -0.39 is 83.4 Å². The van der Waals surface area contributed by atoms with E-state index in [0.717, 1.165) is 6.07 Å². The summed E-state index contributed by atoms with van der Waals surface area (Å²) in [4.78, 5) is 82.9. The Hall–Kier alpha value is -4.46. The number of aryl methyl sites for hydroxylation is 1. The van der Waals surface area contributed by atoms with Gasteiger partial charge in [0.1, 0.15) is 30.0 Å². The lowest BCUT2D eigenvalue weighted by atomic mass is 10.0. The van der Waals surface area contributed by atoms with Crippen molar-refractivity contribution >= 4 is 47.2 Å². The maximum absolute atomic E-state index is 14.2. The van der Waals surface area contributed by atoms with Crippen molar-refractivity contribution in [2.24, 2.45) is 5.92 Å². The molecule has 2 heterocycles. The van der Waals surface area contributed by atoms with Crippen molar-refractivity contribution in [3.8, 4) is 0 Å². The topological polar surface area (TPSA) is 166 Å². The average molecular weight is 697 g/mol. The largest absolute Gasteiger partial charge is 0.347 e. The van der Waals surface area contributed by atoms with Gasteiger partial charge in [-0.3, -0.25) is 28.8 Å². The third-order valence-corrected chi connectivity index (χ3v) is 9.32. The molecule has 264 valence electrons. The molecule has 14 heteroatoms. The molecule has 2 saturated heterocycles. The van der Waals surface area contributed by atoms with Gasteiger partial charge in [-0.2, -0.15) is 11.8 Å². The van der Waals surface area contributed by atoms with Crippen LogP contribution in [0.25, 0.3) is 0 Å². The average Bonchev–Trinajstić information content (AvgIpc) is 3.48. The molecular formula is C35H45FN6O6S. The van der Waals surface area contributed by atoms with E-state index in [2.05, 4.69) is 26.6 Å². The summed E-state index contributed by atoms with van der Waals surface area (Å²) in [5.74, 6) is -3.75. The number of amides is 6. The second kappa shape index (κ2) is 16.8. The fourth-order valence-corrected chi connectivity index (χ4v) is 6.54. The summed E-state index contributed by atoms with van der Waals surface area (Å²) in [7, 11) is 0. The summed E-state index contributed by atoms with van der Waals surface area (Å²) in [6.45, 7) is 6.60. The Labute approximate surface area is 290 Å². The number of nitrogens with zero attached hydrogens (tertiary/aromatic N) is 1. The molecule has 4 rings (SSSR count). The van der Waals surface area contributed by atoms with Gasteiger partial charge in [0.25, 0.3) is 5.91 Å². The highest BCUT2D eigenvalue weighted by atomic mass is 32.2. The van der Waals surface area contributed by atoms with Crippen molar-refractivity contribution in [2.45, 2.75) is 83.2 Å². The minimum absolute atomic E-state index is 0.0176. The normalized spacial score (nSPS) is 25.6. The first-order valence-corrected chi connectivity index (χ1v) is 17.8. The molecule has 2 aromatic carbocycles. The van der Waals surface area contributed by atoms with Crippen LogP contribution in [0.2, 0.25) is 0 Å². The second-order valence-electron chi connectivity index (χ2n) is 13.0. The lowest BCUT2D eigenvalue weighted by Crippen LogP contribution is -2.59. The first-order chi connectivity index (χ1) is 23.3. The Bertz CT molecular complexity index is 1540. The molecule has 0 aromatic heterocycles. The SMILES string of the molecule is CSCC[C@@H]1NC(=O)C[C@@H](c2ccccc2)NC(=O)[C@H](C)NC(=O)[C@@H]2C[C@H](NC(=O)c3cc(C)cc(F)c3)CN2C(=O)[C@H](C(C)C)NC1=O. The van der Waals surface area contributed by atoms with E-state index in [-0.39, 0.29) is 24.9 Å². The Morgan fingerprint density at radius 3 is 2.35 bits per heavy atom. The standard InChI is InChI=1S/C35H45FN6O6S/c1-19(2)30-35(48)42-18-25(38-32(45)23-13-20(3)14-24(36)15-23)16-28(42)34(47)37-21(4)31(44)40-27(22-9-7-6-8-10-22)17-29(43)39-26(11-12-49-5)33(46)41-30/h6-10,13-15,19,21,25-28,30H,11-12,16-18H2,1-5H3,(H,37,47)(H,38,45)(H,39,43)(H,40,44)(H,41,46)/t21-,25-,26-,27-,28-,30-/m0/s1. The molecule has 0 saturated carbocycles. The number of hydrogen-bond donors (Lipinski definition) is 5. The van der Waals surface area contributed by atoms with Gasteiger partial charge in [0, 0.05) is 18.2 Å². The second-order valence-corrected chi connectivity index (χ2v) is 14.0. The predicted octanol–water partition coefficient (Wildman–Crippen LogP) is 1.98. The zero-order chi connectivity index (χ0) is 35.8. The van der Waals surface area contributed by atoms with E-state index in [0.29, 0.717) is 23.3 Å². The van der Waals surface area contributed by atoms with Gasteiger partial charge in [-0.25, -0.2) is 4.39 Å². The smallest absolute Gasteiger partial charge is 0.251 e. The van der Waals surface area contributed by atoms with Gasteiger partial charge in [-0.15, -0.1) is 0 Å². The summed E-state index contributed by atoms with van der Waals surface area (Å²) in [6, 6.07) is 7.21. The molecule has 0 unspecified atom stereocenters. The summed E-state index contributed by atoms with van der Waals surface area (Å²) in [6.07, 6.45) is 2.01. The number of thioether (sulfide) groups is 1. The van der Waals surface area contributed by atoms with Crippen molar-refractivity contribution in [1.82, 2.24) is 31.5 Å². The molecule has 0 aliphatic carbocycles. The van der Waals surface area contributed by atoms with Crippen molar-refractivity contribution in [3.05, 3.63) is 71.0 Å². The maximum atomic E-state index is 14.2. The molecule has 5 N–H and O–H groups in total. The Balaban J connectivity index is 1.68.